The predicted molar refractivity (Wildman–Crippen MR) is 182 cm³/mol. The Morgan fingerprint density at radius 1 is 0.571 bits per heavy atom. The number of ether oxygens (including phenoxy) is 1. The molecule has 2 unspecified atom stereocenters. The van der Waals surface area contributed by atoms with Gasteiger partial charge in [-0.3, -0.25) is 9.59 Å². The van der Waals surface area contributed by atoms with Crippen molar-refractivity contribution >= 4 is 11.8 Å². The van der Waals surface area contributed by atoms with E-state index in [9.17, 15) is 9.59 Å². The Kier molecular flexibility index (Phi) is 25.6. The molecule has 0 rings (SSSR count). The van der Waals surface area contributed by atoms with Crippen molar-refractivity contribution < 1.29 is 14.3 Å². The third-order valence-electron chi connectivity index (χ3n) is 9.19. The van der Waals surface area contributed by atoms with Crippen molar-refractivity contribution in [1.82, 2.24) is 10.2 Å². The normalized spacial score (nSPS) is 14.4. The molecule has 0 fully saturated rings. The van der Waals surface area contributed by atoms with Gasteiger partial charge in [-0.15, -0.1) is 0 Å². The Balaban J connectivity index is 6.11. The molecule has 0 aliphatic heterocycles. The second-order valence-corrected chi connectivity index (χ2v) is 13.4. The number of nitrogens with zero attached hydrogens (tertiary/aromatic N) is 1. The SMILES string of the molecule is CCCCCCCC(C)(CCCCC)N(C(=O)CCNC(=O)CCOCC)C(C)(CCCCCC)CCCCCCC. The van der Waals surface area contributed by atoms with Crippen molar-refractivity contribution in [2.75, 3.05) is 19.8 Å². The van der Waals surface area contributed by atoms with E-state index in [1.807, 2.05) is 6.92 Å². The van der Waals surface area contributed by atoms with E-state index >= 15 is 0 Å². The lowest BCUT2D eigenvalue weighted by Crippen LogP contribution is -2.61. The lowest BCUT2D eigenvalue weighted by atomic mass is 9.78. The minimum atomic E-state index is -0.152. The van der Waals surface area contributed by atoms with E-state index in [1.165, 1.54) is 109 Å². The van der Waals surface area contributed by atoms with Gasteiger partial charge in [-0.1, -0.05) is 137 Å². The first-order valence-corrected chi connectivity index (χ1v) is 18.4. The van der Waals surface area contributed by atoms with Crippen LogP contribution in [0.5, 0.6) is 0 Å². The second kappa shape index (κ2) is 26.3. The van der Waals surface area contributed by atoms with Crippen LogP contribution in [0.25, 0.3) is 0 Å². The first-order chi connectivity index (χ1) is 20.2. The summed E-state index contributed by atoms with van der Waals surface area (Å²) in [6.07, 6.45) is 26.1. The van der Waals surface area contributed by atoms with E-state index in [1.54, 1.807) is 0 Å². The molecule has 0 spiro atoms. The minimum Gasteiger partial charge on any atom is -0.381 e. The lowest BCUT2D eigenvalue weighted by molar-refractivity contribution is -0.149. The highest BCUT2D eigenvalue weighted by Crippen LogP contribution is 2.40. The van der Waals surface area contributed by atoms with E-state index in [2.05, 4.69) is 51.8 Å². The molecule has 0 saturated carbocycles. The van der Waals surface area contributed by atoms with Crippen LogP contribution < -0.4 is 5.32 Å². The molecular weight excluding hydrogens is 520 g/mol. The van der Waals surface area contributed by atoms with Crippen LogP contribution in [0.3, 0.4) is 0 Å². The van der Waals surface area contributed by atoms with Gasteiger partial charge in [0.15, 0.2) is 0 Å². The summed E-state index contributed by atoms with van der Waals surface area (Å²) in [6.45, 7) is 17.3. The number of rotatable bonds is 30. The maximum absolute atomic E-state index is 14.4. The Morgan fingerprint density at radius 2 is 0.952 bits per heavy atom. The van der Waals surface area contributed by atoms with Crippen molar-refractivity contribution in [2.45, 2.75) is 207 Å². The largest absolute Gasteiger partial charge is 0.381 e. The molecule has 0 radical (unpaired) electrons. The zero-order valence-electron chi connectivity index (χ0n) is 29.6. The molecule has 0 aromatic heterocycles. The summed E-state index contributed by atoms with van der Waals surface area (Å²) >= 11 is 0. The molecule has 0 aromatic carbocycles. The van der Waals surface area contributed by atoms with Crippen LogP contribution in [0.2, 0.25) is 0 Å². The average molecular weight is 595 g/mol. The molecule has 5 nitrogen and oxygen atoms in total. The molecule has 0 aromatic rings. The Labute approximate surface area is 263 Å². The summed E-state index contributed by atoms with van der Waals surface area (Å²) in [5.74, 6) is 0.210. The second-order valence-electron chi connectivity index (χ2n) is 13.4. The van der Waals surface area contributed by atoms with Crippen molar-refractivity contribution in [3.8, 4) is 0 Å². The monoisotopic (exact) mass is 595 g/mol. The van der Waals surface area contributed by atoms with E-state index in [4.69, 9.17) is 4.74 Å². The van der Waals surface area contributed by atoms with Crippen LogP contribution in [-0.4, -0.2) is 47.6 Å². The van der Waals surface area contributed by atoms with Gasteiger partial charge >= 0.3 is 0 Å². The van der Waals surface area contributed by atoms with Gasteiger partial charge in [-0.05, 0) is 46.5 Å². The topological polar surface area (TPSA) is 58.6 Å². The maximum Gasteiger partial charge on any atom is 0.225 e. The summed E-state index contributed by atoms with van der Waals surface area (Å²) in [5, 5.41) is 3.01. The fourth-order valence-electron chi connectivity index (χ4n) is 6.68. The Hall–Kier alpha value is -1.10. The molecule has 2 amide bonds. The third-order valence-corrected chi connectivity index (χ3v) is 9.19. The number of hydrogen-bond acceptors (Lipinski definition) is 3. The number of carbonyl (C=O) groups excluding carboxylic acids is 2. The third kappa shape index (κ3) is 18.5. The van der Waals surface area contributed by atoms with Crippen molar-refractivity contribution in [1.29, 1.82) is 0 Å². The van der Waals surface area contributed by atoms with Crippen LogP contribution in [0, 0.1) is 0 Å². The van der Waals surface area contributed by atoms with Crippen LogP contribution >= 0.6 is 0 Å². The molecule has 0 bridgehead atoms. The van der Waals surface area contributed by atoms with Gasteiger partial charge in [0, 0.05) is 37.1 Å². The number of carbonyl (C=O) groups is 2. The molecular formula is C37H74N2O3. The molecule has 5 heteroatoms. The fraction of sp³-hybridized carbons (Fsp3) is 0.946. The fourth-order valence-corrected chi connectivity index (χ4v) is 6.68. The first-order valence-electron chi connectivity index (χ1n) is 18.4. The number of amides is 2. The highest BCUT2D eigenvalue weighted by molar-refractivity contribution is 5.80. The zero-order valence-corrected chi connectivity index (χ0v) is 29.6. The summed E-state index contributed by atoms with van der Waals surface area (Å²) in [7, 11) is 0. The molecule has 0 heterocycles. The molecule has 42 heavy (non-hydrogen) atoms. The highest BCUT2D eigenvalue weighted by Gasteiger charge is 2.44. The van der Waals surface area contributed by atoms with Gasteiger partial charge in [-0.25, -0.2) is 0 Å². The van der Waals surface area contributed by atoms with Crippen LogP contribution in [0.4, 0.5) is 0 Å². The highest BCUT2D eigenvalue weighted by atomic mass is 16.5. The lowest BCUT2D eigenvalue weighted by Gasteiger charge is -2.53. The Bertz CT molecular complexity index is 655. The molecule has 2 atom stereocenters. The first kappa shape index (κ1) is 40.9. The summed E-state index contributed by atoms with van der Waals surface area (Å²) in [4.78, 5) is 29.2. The predicted octanol–water partition coefficient (Wildman–Crippen LogP) is 10.5. The van der Waals surface area contributed by atoms with Gasteiger partial charge < -0.3 is 15.0 Å². The van der Waals surface area contributed by atoms with E-state index in [-0.39, 0.29) is 22.9 Å². The minimum absolute atomic E-state index is 0.0253. The van der Waals surface area contributed by atoms with Crippen molar-refractivity contribution in [3.05, 3.63) is 0 Å². The summed E-state index contributed by atoms with van der Waals surface area (Å²) < 4.78 is 5.35. The van der Waals surface area contributed by atoms with E-state index in [0.717, 1.165) is 25.7 Å². The maximum atomic E-state index is 14.4. The molecule has 0 aliphatic carbocycles. The smallest absolute Gasteiger partial charge is 0.225 e. The average Bonchev–Trinajstić information content (AvgIpc) is 2.95. The number of unbranched alkanes of at least 4 members (excludes halogenated alkanes) is 13. The van der Waals surface area contributed by atoms with E-state index < -0.39 is 0 Å². The quantitative estimate of drug-likeness (QED) is 0.0842. The van der Waals surface area contributed by atoms with Crippen molar-refractivity contribution in [3.63, 3.8) is 0 Å². The number of hydrogen-bond donors (Lipinski definition) is 1. The molecule has 1 N–H and O–H groups in total. The Morgan fingerprint density at radius 3 is 1.38 bits per heavy atom. The van der Waals surface area contributed by atoms with Gasteiger partial charge in [0.05, 0.1) is 6.61 Å². The molecule has 250 valence electrons. The van der Waals surface area contributed by atoms with Crippen LogP contribution in [-0.2, 0) is 14.3 Å². The summed E-state index contributed by atoms with van der Waals surface area (Å²) in [6, 6.07) is 0. The van der Waals surface area contributed by atoms with Crippen LogP contribution in [0.15, 0.2) is 0 Å². The van der Waals surface area contributed by atoms with Crippen LogP contribution in [0.1, 0.15) is 196 Å². The van der Waals surface area contributed by atoms with E-state index in [0.29, 0.717) is 32.6 Å². The van der Waals surface area contributed by atoms with Gasteiger partial charge in [0.1, 0.15) is 0 Å². The zero-order chi connectivity index (χ0) is 31.5. The molecule has 0 saturated heterocycles. The van der Waals surface area contributed by atoms with Gasteiger partial charge in [0.2, 0.25) is 11.8 Å². The summed E-state index contributed by atoms with van der Waals surface area (Å²) in [5.41, 5.74) is -0.305. The van der Waals surface area contributed by atoms with Crippen molar-refractivity contribution in [2.24, 2.45) is 0 Å². The van der Waals surface area contributed by atoms with Gasteiger partial charge in [0.25, 0.3) is 0 Å². The molecule has 0 aliphatic rings. The van der Waals surface area contributed by atoms with Gasteiger partial charge in [-0.2, -0.15) is 0 Å². The number of nitrogens with one attached hydrogen (secondary N) is 1. The standard InChI is InChI=1S/C37H74N2O3/c1-8-13-17-20-24-30-36(6,28-22-16-11-4)39(35(41)26-32-38-34(40)27-33-42-12-5)37(7,29-23-19-15-10-3)31-25-21-18-14-9-2/h8-33H2,1-7H3,(H,38,40).